The number of nitrogens with one attached hydrogen (secondary N) is 1. The Kier molecular flexibility index (Phi) is 6.95. The molecule has 31 heavy (non-hydrogen) atoms. The van der Waals surface area contributed by atoms with Gasteiger partial charge in [0.25, 0.3) is 0 Å². The molecule has 0 saturated carbocycles. The molecule has 1 aliphatic heterocycles. The first-order chi connectivity index (χ1) is 14.8. The molecule has 1 aliphatic carbocycles. The molecule has 0 amide bonds. The van der Waals surface area contributed by atoms with Gasteiger partial charge in [0, 0.05) is 30.0 Å². The van der Waals surface area contributed by atoms with E-state index in [-0.39, 0.29) is 24.9 Å². The fraction of sp³-hybridized carbons (Fsp3) is 0.458. The number of hydrogen-bond donors (Lipinski definition) is 1. The number of hydrogen-bond acceptors (Lipinski definition) is 7. The molecule has 0 bridgehead atoms. The number of methoxy groups -OCH3 is 2. The number of rotatable bonds is 6. The first-order valence-corrected chi connectivity index (χ1v) is 10.4. The third-order valence-corrected chi connectivity index (χ3v) is 5.98. The summed E-state index contributed by atoms with van der Waals surface area (Å²) in [6.45, 7) is 5.99. The van der Waals surface area contributed by atoms with Crippen LogP contribution in [0.3, 0.4) is 0 Å². The van der Waals surface area contributed by atoms with E-state index in [0.29, 0.717) is 23.3 Å². The Hall–Kier alpha value is -2.93. The molecule has 0 saturated heterocycles. The highest BCUT2D eigenvalue weighted by Gasteiger charge is 2.47. The molecule has 1 aromatic carbocycles. The van der Waals surface area contributed by atoms with Gasteiger partial charge in [-0.1, -0.05) is 31.2 Å². The Morgan fingerprint density at radius 3 is 2.48 bits per heavy atom. The number of ether oxygens (including phenoxy) is 3. The highest BCUT2D eigenvalue weighted by Crippen LogP contribution is 2.46. The van der Waals surface area contributed by atoms with Crippen molar-refractivity contribution < 1.29 is 28.6 Å². The van der Waals surface area contributed by atoms with Crippen LogP contribution in [0.2, 0.25) is 0 Å². The lowest BCUT2D eigenvalue weighted by molar-refractivity contribution is -0.151. The van der Waals surface area contributed by atoms with Gasteiger partial charge in [0.1, 0.15) is 12.5 Å². The van der Waals surface area contributed by atoms with Crippen LogP contribution in [0.4, 0.5) is 0 Å². The molecule has 0 unspecified atom stereocenters. The molecule has 166 valence electrons. The van der Waals surface area contributed by atoms with Crippen molar-refractivity contribution in [2.45, 2.75) is 33.1 Å². The molecule has 0 radical (unpaired) electrons. The zero-order valence-electron chi connectivity index (χ0n) is 18.6. The van der Waals surface area contributed by atoms with E-state index >= 15 is 0 Å². The van der Waals surface area contributed by atoms with Crippen LogP contribution in [0.15, 0.2) is 46.8 Å². The van der Waals surface area contributed by atoms with Gasteiger partial charge in [0.05, 0.1) is 19.3 Å². The van der Waals surface area contributed by atoms with E-state index in [0.717, 1.165) is 16.8 Å². The summed E-state index contributed by atoms with van der Waals surface area (Å²) >= 11 is 0. The number of esters is 2. The van der Waals surface area contributed by atoms with Gasteiger partial charge in [-0.25, -0.2) is 4.79 Å². The molecule has 0 aromatic heterocycles. The van der Waals surface area contributed by atoms with Crippen molar-refractivity contribution in [1.29, 1.82) is 0 Å². The SMILES string of the molecule is COCCOC(=O)C1=C(C)NC2=C(C(=O)[C@H](C(=O)OC)[C@H](C)C2)[C@@H]1c1ccccc1C. The zero-order chi connectivity index (χ0) is 22.7. The summed E-state index contributed by atoms with van der Waals surface area (Å²) < 4.78 is 15.3. The maximum Gasteiger partial charge on any atom is 0.336 e. The van der Waals surface area contributed by atoms with E-state index in [1.807, 2.05) is 45.0 Å². The Morgan fingerprint density at radius 1 is 1.13 bits per heavy atom. The standard InChI is InChI=1S/C24H29NO6/c1-13-8-6-7-9-16(13)20-19(24(28)31-11-10-29-4)15(3)25-17-12-14(2)18(23(27)30-5)22(26)21(17)20/h6-9,14,18,20,25H,10-12H2,1-5H3/t14-,18-,20-/m1/s1. The molecule has 3 rings (SSSR count). The minimum absolute atomic E-state index is 0.105. The minimum Gasteiger partial charge on any atom is -0.468 e. The van der Waals surface area contributed by atoms with Crippen molar-refractivity contribution >= 4 is 17.7 Å². The molecule has 0 spiro atoms. The second-order valence-corrected chi connectivity index (χ2v) is 8.02. The lowest BCUT2D eigenvalue weighted by Crippen LogP contribution is -2.43. The molecular formula is C24H29NO6. The lowest BCUT2D eigenvalue weighted by atomic mass is 9.68. The van der Waals surface area contributed by atoms with Crippen LogP contribution in [0.25, 0.3) is 0 Å². The first kappa shape index (κ1) is 22.7. The number of benzene rings is 1. The average Bonchev–Trinajstić information content (AvgIpc) is 2.73. The number of carbonyl (C=O) groups is 3. The van der Waals surface area contributed by atoms with Crippen LogP contribution in [0, 0.1) is 18.8 Å². The van der Waals surface area contributed by atoms with E-state index in [1.54, 1.807) is 0 Å². The normalized spacial score (nSPS) is 23.3. The minimum atomic E-state index is -0.902. The van der Waals surface area contributed by atoms with Crippen molar-refractivity contribution in [2.75, 3.05) is 27.4 Å². The topological polar surface area (TPSA) is 90.9 Å². The molecular weight excluding hydrogens is 398 g/mol. The summed E-state index contributed by atoms with van der Waals surface area (Å²) in [5.74, 6) is -3.12. The molecule has 3 atom stereocenters. The first-order valence-electron chi connectivity index (χ1n) is 10.4. The largest absolute Gasteiger partial charge is 0.468 e. The van der Waals surface area contributed by atoms with Gasteiger partial charge in [0.15, 0.2) is 5.78 Å². The Labute approximate surface area is 182 Å². The smallest absolute Gasteiger partial charge is 0.336 e. The van der Waals surface area contributed by atoms with Crippen LogP contribution < -0.4 is 5.32 Å². The van der Waals surface area contributed by atoms with E-state index in [2.05, 4.69) is 5.32 Å². The predicted molar refractivity (Wildman–Crippen MR) is 114 cm³/mol. The Morgan fingerprint density at radius 2 is 1.84 bits per heavy atom. The molecule has 1 heterocycles. The number of ketones is 1. The van der Waals surface area contributed by atoms with Crippen LogP contribution in [0.1, 0.15) is 37.3 Å². The van der Waals surface area contributed by atoms with E-state index in [1.165, 1.54) is 14.2 Å². The fourth-order valence-electron chi connectivity index (χ4n) is 4.47. The van der Waals surface area contributed by atoms with Crippen molar-refractivity contribution in [3.8, 4) is 0 Å². The molecule has 1 N–H and O–H groups in total. The summed E-state index contributed by atoms with van der Waals surface area (Å²) in [6, 6.07) is 7.63. The summed E-state index contributed by atoms with van der Waals surface area (Å²) in [6.07, 6.45) is 0.507. The van der Waals surface area contributed by atoms with Gasteiger partial charge >= 0.3 is 11.9 Å². The van der Waals surface area contributed by atoms with Crippen molar-refractivity contribution in [1.82, 2.24) is 5.32 Å². The number of carbonyl (C=O) groups excluding carboxylic acids is 3. The van der Waals surface area contributed by atoms with Gasteiger partial charge in [-0.05, 0) is 37.3 Å². The zero-order valence-corrected chi connectivity index (χ0v) is 18.6. The van der Waals surface area contributed by atoms with E-state index in [9.17, 15) is 14.4 Å². The average molecular weight is 427 g/mol. The van der Waals surface area contributed by atoms with Crippen molar-refractivity contribution in [2.24, 2.45) is 11.8 Å². The van der Waals surface area contributed by atoms with E-state index < -0.39 is 23.8 Å². The third-order valence-electron chi connectivity index (χ3n) is 5.98. The fourth-order valence-corrected chi connectivity index (χ4v) is 4.47. The van der Waals surface area contributed by atoms with Crippen LogP contribution in [0.5, 0.6) is 0 Å². The van der Waals surface area contributed by atoms with Gasteiger partial charge in [-0.3, -0.25) is 9.59 Å². The molecule has 2 aliphatic rings. The Bertz CT molecular complexity index is 961. The monoisotopic (exact) mass is 427 g/mol. The molecule has 0 fully saturated rings. The van der Waals surface area contributed by atoms with Crippen molar-refractivity contribution in [3.63, 3.8) is 0 Å². The summed E-state index contributed by atoms with van der Waals surface area (Å²) in [5, 5.41) is 3.25. The van der Waals surface area contributed by atoms with Crippen LogP contribution in [-0.4, -0.2) is 45.2 Å². The number of aryl methyl sites for hydroxylation is 1. The van der Waals surface area contributed by atoms with Crippen LogP contribution >= 0.6 is 0 Å². The maximum absolute atomic E-state index is 13.6. The summed E-state index contributed by atoms with van der Waals surface area (Å²) in [7, 11) is 2.81. The highest BCUT2D eigenvalue weighted by molar-refractivity contribution is 6.12. The summed E-state index contributed by atoms with van der Waals surface area (Å²) in [5.41, 5.74) is 3.98. The molecule has 7 nitrogen and oxygen atoms in total. The highest BCUT2D eigenvalue weighted by atomic mass is 16.6. The number of dihydropyridines is 1. The second kappa shape index (κ2) is 9.47. The number of allylic oxidation sites excluding steroid dienone is 3. The second-order valence-electron chi connectivity index (χ2n) is 8.02. The molecule has 1 aromatic rings. The van der Waals surface area contributed by atoms with Crippen LogP contribution in [-0.2, 0) is 28.6 Å². The third kappa shape index (κ3) is 4.28. The maximum atomic E-state index is 13.6. The van der Waals surface area contributed by atoms with E-state index in [4.69, 9.17) is 14.2 Å². The Balaban J connectivity index is 2.14. The van der Waals surface area contributed by atoms with Crippen molar-refractivity contribution in [3.05, 3.63) is 57.9 Å². The van der Waals surface area contributed by atoms with Gasteiger partial charge in [-0.15, -0.1) is 0 Å². The summed E-state index contributed by atoms with van der Waals surface area (Å²) in [4.78, 5) is 39.1. The van der Waals surface area contributed by atoms with Gasteiger partial charge < -0.3 is 19.5 Å². The lowest BCUT2D eigenvalue weighted by Gasteiger charge is -2.38. The number of Topliss-reactive ketones (excluding diaryl/α,β-unsaturated/α-hetero) is 1. The van der Waals surface area contributed by atoms with Gasteiger partial charge in [-0.2, -0.15) is 0 Å². The predicted octanol–water partition coefficient (Wildman–Crippen LogP) is 2.80. The van der Waals surface area contributed by atoms with Gasteiger partial charge in [0.2, 0.25) is 0 Å². The molecule has 7 heteroatoms. The quantitative estimate of drug-likeness (QED) is 0.424.